The summed E-state index contributed by atoms with van der Waals surface area (Å²) in [5, 5.41) is 13.0. The van der Waals surface area contributed by atoms with Crippen molar-refractivity contribution in [1.29, 1.82) is 5.26 Å². The molecule has 0 spiro atoms. The van der Waals surface area contributed by atoms with E-state index in [1.165, 1.54) is 0 Å². The Morgan fingerprint density at radius 2 is 1.89 bits per heavy atom. The van der Waals surface area contributed by atoms with Gasteiger partial charge in [0.25, 0.3) is 0 Å². The number of benzene rings is 2. The van der Waals surface area contributed by atoms with E-state index < -0.39 is 0 Å². The summed E-state index contributed by atoms with van der Waals surface area (Å²) in [5.74, 6) is 0. The molecule has 0 radical (unpaired) electrons. The topological polar surface area (TPSA) is 61.8 Å². The molecule has 0 aliphatic carbocycles. The van der Waals surface area contributed by atoms with E-state index in [2.05, 4.69) is 11.4 Å². The lowest BCUT2D eigenvalue weighted by Gasteiger charge is -2.17. The molecule has 3 N–H and O–H groups in total. The fourth-order valence-electron chi connectivity index (χ4n) is 1.86. The van der Waals surface area contributed by atoms with Crippen molar-refractivity contribution in [3.8, 4) is 6.07 Å². The number of nitrogens with two attached hydrogens (primary N) is 1. The number of halogens is 1. The van der Waals surface area contributed by atoms with E-state index in [0.717, 1.165) is 11.3 Å². The highest BCUT2D eigenvalue weighted by atomic mass is 35.5. The van der Waals surface area contributed by atoms with E-state index in [1.807, 2.05) is 43.3 Å². The molecule has 0 amide bonds. The minimum Gasteiger partial charge on any atom is -0.396 e. The molecule has 0 aliphatic rings. The van der Waals surface area contributed by atoms with Crippen LogP contribution in [0.5, 0.6) is 0 Å². The fraction of sp³-hybridized carbons (Fsp3) is 0.133. The fourth-order valence-corrected chi connectivity index (χ4v) is 1.98. The van der Waals surface area contributed by atoms with E-state index in [1.54, 1.807) is 6.07 Å². The molecular weight excluding hydrogens is 258 g/mol. The number of nitrogens with zero attached hydrogens (tertiary/aromatic N) is 1. The van der Waals surface area contributed by atoms with E-state index in [4.69, 9.17) is 22.6 Å². The van der Waals surface area contributed by atoms with Crippen LogP contribution in [0.4, 0.5) is 11.4 Å². The highest BCUT2D eigenvalue weighted by molar-refractivity contribution is 6.30. The van der Waals surface area contributed by atoms with Gasteiger partial charge in [-0.15, -0.1) is 0 Å². The molecule has 0 aromatic heterocycles. The lowest BCUT2D eigenvalue weighted by atomic mass is 10.1. The number of nitriles is 1. The van der Waals surface area contributed by atoms with Crippen molar-refractivity contribution in [3.05, 3.63) is 58.6 Å². The van der Waals surface area contributed by atoms with Crippen LogP contribution in [-0.2, 0) is 0 Å². The van der Waals surface area contributed by atoms with Gasteiger partial charge in [-0.1, -0.05) is 29.8 Å². The molecular formula is C15H14ClN3. The number of anilines is 2. The van der Waals surface area contributed by atoms with Crippen LogP contribution < -0.4 is 11.1 Å². The third-order valence-corrected chi connectivity index (χ3v) is 3.22. The Labute approximate surface area is 117 Å². The summed E-state index contributed by atoms with van der Waals surface area (Å²) in [4.78, 5) is 0. The number of para-hydroxylation sites is 1. The summed E-state index contributed by atoms with van der Waals surface area (Å²) in [6, 6.07) is 15.2. The lowest BCUT2D eigenvalue weighted by molar-refractivity contribution is 0.885. The van der Waals surface area contributed by atoms with Crippen LogP contribution in [0.2, 0.25) is 5.02 Å². The Hall–Kier alpha value is -2.18. The Bertz CT molecular complexity index is 614. The number of nitrogens with one attached hydrogen (secondary N) is 1. The highest BCUT2D eigenvalue weighted by Gasteiger charge is 2.09. The first-order chi connectivity index (χ1) is 9.11. The Balaban J connectivity index is 2.22. The van der Waals surface area contributed by atoms with E-state index in [9.17, 15) is 0 Å². The summed E-state index contributed by atoms with van der Waals surface area (Å²) >= 11 is 5.86. The summed E-state index contributed by atoms with van der Waals surface area (Å²) in [6.45, 7) is 2.03. The third kappa shape index (κ3) is 2.98. The van der Waals surface area contributed by atoms with E-state index in [-0.39, 0.29) is 6.04 Å². The minimum absolute atomic E-state index is 0.0773. The zero-order valence-electron chi connectivity index (χ0n) is 10.5. The number of hydrogen-bond donors (Lipinski definition) is 2. The molecule has 19 heavy (non-hydrogen) atoms. The van der Waals surface area contributed by atoms with E-state index in [0.29, 0.717) is 16.3 Å². The normalized spacial score (nSPS) is 11.6. The van der Waals surface area contributed by atoms with Crippen molar-refractivity contribution in [3.63, 3.8) is 0 Å². The highest BCUT2D eigenvalue weighted by Crippen LogP contribution is 2.27. The van der Waals surface area contributed by atoms with Gasteiger partial charge in [-0.3, -0.25) is 0 Å². The molecule has 2 aromatic rings. The third-order valence-electron chi connectivity index (χ3n) is 2.97. The standard InChI is InChI=1S/C15H14ClN3/c1-10(11-5-7-13(16)8-6-11)19-14-4-2-3-12(9-17)15(14)18/h2-8,10,19H,18H2,1H3. The van der Waals surface area contributed by atoms with Gasteiger partial charge in [0, 0.05) is 11.1 Å². The second kappa shape index (κ2) is 5.64. The van der Waals surface area contributed by atoms with Crippen LogP contribution in [0, 0.1) is 11.3 Å². The SMILES string of the molecule is CC(Nc1cccc(C#N)c1N)c1ccc(Cl)cc1. The quantitative estimate of drug-likeness (QED) is 0.831. The zero-order valence-corrected chi connectivity index (χ0v) is 11.3. The van der Waals surface area contributed by atoms with Gasteiger partial charge in [0.05, 0.1) is 16.9 Å². The molecule has 0 heterocycles. The zero-order chi connectivity index (χ0) is 13.8. The summed E-state index contributed by atoms with van der Waals surface area (Å²) in [5.41, 5.74) is 8.76. The summed E-state index contributed by atoms with van der Waals surface area (Å²) in [7, 11) is 0. The summed E-state index contributed by atoms with van der Waals surface area (Å²) in [6.07, 6.45) is 0. The van der Waals surface area contributed by atoms with Crippen molar-refractivity contribution in [2.75, 3.05) is 11.1 Å². The number of hydrogen-bond acceptors (Lipinski definition) is 3. The Kier molecular flexibility index (Phi) is 3.94. The van der Waals surface area contributed by atoms with Crippen LogP contribution in [-0.4, -0.2) is 0 Å². The molecule has 96 valence electrons. The van der Waals surface area contributed by atoms with Gasteiger partial charge < -0.3 is 11.1 Å². The average molecular weight is 272 g/mol. The van der Waals surface area contributed by atoms with Gasteiger partial charge >= 0.3 is 0 Å². The second-order valence-corrected chi connectivity index (χ2v) is 4.73. The van der Waals surface area contributed by atoms with Gasteiger partial charge in [-0.05, 0) is 36.8 Å². The van der Waals surface area contributed by atoms with Crippen LogP contribution in [0.15, 0.2) is 42.5 Å². The van der Waals surface area contributed by atoms with Gasteiger partial charge in [0.1, 0.15) is 6.07 Å². The predicted molar refractivity (Wildman–Crippen MR) is 79.1 cm³/mol. The molecule has 0 saturated carbocycles. The minimum atomic E-state index is 0.0773. The maximum absolute atomic E-state index is 8.95. The maximum atomic E-state index is 8.95. The second-order valence-electron chi connectivity index (χ2n) is 4.30. The van der Waals surface area contributed by atoms with E-state index >= 15 is 0 Å². The van der Waals surface area contributed by atoms with Crippen molar-refractivity contribution < 1.29 is 0 Å². The lowest BCUT2D eigenvalue weighted by Crippen LogP contribution is -2.09. The maximum Gasteiger partial charge on any atom is 0.101 e. The van der Waals surface area contributed by atoms with Crippen molar-refractivity contribution in [1.82, 2.24) is 0 Å². The van der Waals surface area contributed by atoms with Crippen LogP contribution in [0.3, 0.4) is 0 Å². The Morgan fingerprint density at radius 1 is 1.21 bits per heavy atom. The molecule has 1 atom stereocenters. The van der Waals surface area contributed by atoms with Crippen LogP contribution >= 0.6 is 11.6 Å². The molecule has 0 fully saturated rings. The molecule has 1 unspecified atom stereocenters. The van der Waals surface area contributed by atoms with Gasteiger partial charge in [0.2, 0.25) is 0 Å². The average Bonchev–Trinajstić information content (AvgIpc) is 2.42. The van der Waals surface area contributed by atoms with Crippen LogP contribution in [0.1, 0.15) is 24.1 Å². The van der Waals surface area contributed by atoms with Gasteiger partial charge in [-0.25, -0.2) is 0 Å². The Morgan fingerprint density at radius 3 is 2.53 bits per heavy atom. The molecule has 0 bridgehead atoms. The molecule has 2 aromatic carbocycles. The first-order valence-electron chi connectivity index (χ1n) is 5.92. The van der Waals surface area contributed by atoms with Crippen molar-refractivity contribution in [2.24, 2.45) is 0 Å². The molecule has 3 nitrogen and oxygen atoms in total. The number of rotatable bonds is 3. The van der Waals surface area contributed by atoms with Gasteiger partial charge in [0.15, 0.2) is 0 Å². The molecule has 4 heteroatoms. The molecule has 2 rings (SSSR count). The van der Waals surface area contributed by atoms with Gasteiger partial charge in [-0.2, -0.15) is 5.26 Å². The van der Waals surface area contributed by atoms with Crippen molar-refractivity contribution in [2.45, 2.75) is 13.0 Å². The largest absolute Gasteiger partial charge is 0.396 e. The first kappa shape index (κ1) is 13.3. The van der Waals surface area contributed by atoms with Crippen LogP contribution in [0.25, 0.3) is 0 Å². The predicted octanol–water partition coefficient (Wildman–Crippen LogP) is 3.97. The number of nitrogen functional groups attached to an aromatic ring is 1. The summed E-state index contributed by atoms with van der Waals surface area (Å²) < 4.78 is 0. The first-order valence-corrected chi connectivity index (χ1v) is 6.30. The smallest absolute Gasteiger partial charge is 0.101 e. The monoisotopic (exact) mass is 271 g/mol. The molecule has 0 saturated heterocycles. The van der Waals surface area contributed by atoms with Crippen molar-refractivity contribution >= 4 is 23.0 Å². The molecule has 0 aliphatic heterocycles.